The number of carbonyl (C=O) groups excluding carboxylic acids is 1. The first-order valence-corrected chi connectivity index (χ1v) is 9.88. The van der Waals surface area contributed by atoms with Crippen molar-refractivity contribution in [1.82, 2.24) is 15.1 Å². The van der Waals surface area contributed by atoms with Crippen molar-refractivity contribution in [2.75, 3.05) is 13.4 Å². The van der Waals surface area contributed by atoms with Gasteiger partial charge in [-0.3, -0.25) is 4.79 Å². The molecule has 0 atom stereocenters. The van der Waals surface area contributed by atoms with Crippen LogP contribution in [-0.2, 0) is 6.54 Å². The average Bonchev–Trinajstić information content (AvgIpc) is 2.99. The zero-order chi connectivity index (χ0) is 19.4. The Morgan fingerprint density at radius 1 is 1.19 bits per heavy atom. The average molecular weight is 382 g/mol. The molecular formula is C21H23N3O2S. The summed E-state index contributed by atoms with van der Waals surface area (Å²) in [5.41, 5.74) is 4.48. The van der Waals surface area contributed by atoms with Gasteiger partial charge in [-0.1, -0.05) is 18.2 Å². The number of thioether (sulfide) groups is 1. The van der Waals surface area contributed by atoms with Crippen molar-refractivity contribution in [2.24, 2.45) is 0 Å². The molecule has 0 saturated carbocycles. The van der Waals surface area contributed by atoms with Crippen LogP contribution in [0.1, 0.15) is 27.3 Å². The van der Waals surface area contributed by atoms with Crippen LogP contribution in [0.4, 0.5) is 0 Å². The molecule has 1 N–H and O–H groups in total. The number of hydrogen-bond acceptors (Lipinski definition) is 4. The van der Waals surface area contributed by atoms with Crippen molar-refractivity contribution < 1.29 is 9.53 Å². The minimum Gasteiger partial charge on any atom is -0.496 e. The van der Waals surface area contributed by atoms with E-state index in [0.717, 1.165) is 27.5 Å². The van der Waals surface area contributed by atoms with Gasteiger partial charge in [0, 0.05) is 22.7 Å². The van der Waals surface area contributed by atoms with Crippen LogP contribution in [0.25, 0.3) is 5.69 Å². The van der Waals surface area contributed by atoms with Gasteiger partial charge in [-0.2, -0.15) is 5.10 Å². The van der Waals surface area contributed by atoms with E-state index in [-0.39, 0.29) is 5.91 Å². The van der Waals surface area contributed by atoms with Crippen LogP contribution in [0.3, 0.4) is 0 Å². The van der Waals surface area contributed by atoms with Gasteiger partial charge in [0.15, 0.2) is 0 Å². The third-order valence-corrected chi connectivity index (χ3v) is 5.25. The number of rotatable bonds is 6. The molecule has 0 unspecified atom stereocenters. The van der Waals surface area contributed by atoms with Gasteiger partial charge >= 0.3 is 0 Å². The lowest BCUT2D eigenvalue weighted by Crippen LogP contribution is -2.24. The quantitative estimate of drug-likeness (QED) is 0.652. The fourth-order valence-electron chi connectivity index (χ4n) is 3.00. The molecule has 5 nitrogen and oxygen atoms in total. The van der Waals surface area contributed by atoms with Crippen molar-refractivity contribution in [3.05, 3.63) is 71.0 Å². The molecule has 140 valence electrons. The Morgan fingerprint density at radius 2 is 1.93 bits per heavy atom. The molecule has 0 aliphatic rings. The van der Waals surface area contributed by atoms with E-state index in [9.17, 15) is 4.79 Å². The standard InChI is InChI=1S/C21H23N3O2S/c1-14-19(15(2)24(23-14)16-8-6-5-7-9-16)13-22-21(25)18-11-10-17(27-4)12-20(18)26-3/h5-12H,13H2,1-4H3,(H,22,25). The Kier molecular flexibility index (Phi) is 5.86. The summed E-state index contributed by atoms with van der Waals surface area (Å²) >= 11 is 1.61. The lowest BCUT2D eigenvalue weighted by Gasteiger charge is -2.11. The topological polar surface area (TPSA) is 56.1 Å². The SMILES string of the molecule is COc1cc(SC)ccc1C(=O)NCc1c(C)nn(-c2ccccc2)c1C. The Morgan fingerprint density at radius 3 is 2.59 bits per heavy atom. The van der Waals surface area contributed by atoms with Crippen molar-refractivity contribution in [3.8, 4) is 11.4 Å². The number of hydrogen-bond donors (Lipinski definition) is 1. The molecule has 3 rings (SSSR count). The smallest absolute Gasteiger partial charge is 0.255 e. The summed E-state index contributed by atoms with van der Waals surface area (Å²) < 4.78 is 7.29. The number of para-hydroxylation sites is 1. The van der Waals surface area contributed by atoms with Gasteiger partial charge < -0.3 is 10.1 Å². The van der Waals surface area contributed by atoms with E-state index in [4.69, 9.17) is 4.74 Å². The minimum absolute atomic E-state index is 0.161. The maximum atomic E-state index is 12.7. The summed E-state index contributed by atoms with van der Waals surface area (Å²) in [5.74, 6) is 0.415. The highest BCUT2D eigenvalue weighted by molar-refractivity contribution is 7.98. The molecule has 1 aromatic heterocycles. The van der Waals surface area contributed by atoms with E-state index in [1.165, 1.54) is 0 Å². The van der Waals surface area contributed by atoms with Crippen LogP contribution in [0, 0.1) is 13.8 Å². The zero-order valence-corrected chi connectivity index (χ0v) is 16.8. The van der Waals surface area contributed by atoms with Gasteiger partial charge in [0.2, 0.25) is 0 Å². The number of nitrogens with one attached hydrogen (secondary N) is 1. The van der Waals surface area contributed by atoms with Gasteiger partial charge in [0.25, 0.3) is 5.91 Å². The maximum absolute atomic E-state index is 12.7. The fraction of sp³-hybridized carbons (Fsp3) is 0.238. The molecule has 1 amide bonds. The lowest BCUT2D eigenvalue weighted by atomic mass is 10.1. The summed E-state index contributed by atoms with van der Waals surface area (Å²) in [6, 6.07) is 15.6. The third-order valence-electron chi connectivity index (χ3n) is 4.52. The van der Waals surface area contributed by atoms with E-state index in [1.807, 2.05) is 67.2 Å². The van der Waals surface area contributed by atoms with E-state index in [1.54, 1.807) is 24.9 Å². The van der Waals surface area contributed by atoms with Gasteiger partial charge in [-0.05, 0) is 50.4 Å². The number of methoxy groups -OCH3 is 1. The summed E-state index contributed by atoms with van der Waals surface area (Å²) in [7, 11) is 1.58. The number of aryl methyl sites for hydroxylation is 1. The summed E-state index contributed by atoms with van der Waals surface area (Å²) in [6.07, 6.45) is 1.99. The molecule has 2 aromatic carbocycles. The van der Waals surface area contributed by atoms with Crippen LogP contribution < -0.4 is 10.1 Å². The second-order valence-corrected chi connectivity index (χ2v) is 7.03. The molecule has 0 fully saturated rings. The lowest BCUT2D eigenvalue weighted by molar-refractivity contribution is 0.0947. The van der Waals surface area contributed by atoms with Crippen LogP contribution in [0.5, 0.6) is 5.75 Å². The molecule has 6 heteroatoms. The molecular weight excluding hydrogens is 358 g/mol. The van der Waals surface area contributed by atoms with E-state index < -0.39 is 0 Å². The first-order chi connectivity index (χ1) is 13.0. The van der Waals surface area contributed by atoms with Gasteiger partial charge in [-0.25, -0.2) is 4.68 Å². The number of aromatic nitrogens is 2. The second kappa shape index (κ2) is 8.31. The van der Waals surface area contributed by atoms with Gasteiger partial charge in [-0.15, -0.1) is 11.8 Å². The predicted molar refractivity (Wildman–Crippen MR) is 109 cm³/mol. The molecule has 3 aromatic rings. The van der Waals surface area contributed by atoms with E-state index in [0.29, 0.717) is 17.9 Å². The molecule has 0 spiro atoms. The Hall–Kier alpha value is -2.73. The fourth-order valence-corrected chi connectivity index (χ4v) is 3.43. The Balaban J connectivity index is 1.79. The monoisotopic (exact) mass is 381 g/mol. The zero-order valence-electron chi connectivity index (χ0n) is 15.9. The second-order valence-electron chi connectivity index (χ2n) is 6.15. The molecule has 1 heterocycles. The number of nitrogens with zero attached hydrogens (tertiary/aromatic N) is 2. The molecule has 0 radical (unpaired) electrons. The van der Waals surface area contributed by atoms with Crippen LogP contribution in [0.2, 0.25) is 0 Å². The number of carbonyl (C=O) groups is 1. The highest BCUT2D eigenvalue weighted by Crippen LogP contribution is 2.25. The number of amides is 1. The van der Waals surface area contributed by atoms with Crippen molar-refractivity contribution >= 4 is 17.7 Å². The number of ether oxygens (including phenoxy) is 1. The highest BCUT2D eigenvalue weighted by atomic mass is 32.2. The highest BCUT2D eigenvalue weighted by Gasteiger charge is 2.16. The van der Waals surface area contributed by atoms with Crippen molar-refractivity contribution in [3.63, 3.8) is 0 Å². The molecule has 27 heavy (non-hydrogen) atoms. The van der Waals surface area contributed by atoms with Crippen LogP contribution in [-0.4, -0.2) is 29.1 Å². The number of benzene rings is 2. The maximum Gasteiger partial charge on any atom is 0.255 e. The largest absolute Gasteiger partial charge is 0.496 e. The van der Waals surface area contributed by atoms with Gasteiger partial charge in [0.05, 0.1) is 24.1 Å². The Labute approximate surface area is 163 Å². The molecule has 0 bridgehead atoms. The molecule has 0 aliphatic carbocycles. The third kappa shape index (κ3) is 4.01. The van der Waals surface area contributed by atoms with Crippen LogP contribution >= 0.6 is 11.8 Å². The first-order valence-electron chi connectivity index (χ1n) is 8.66. The normalized spacial score (nSPS) is 10.7. The summed E-state index contributed by atoms with van der Waals surface area (Å²) in [5, 5.41) is 7.62. The molecule has 0 saturated heterocycles. The van der Waals surface area contributed by atoms with E-state index >= 15 is 0 Å². The summed E-state index contributed by atoms with van der Waals surface area (Å²) in [4.78, 5) is 13.7. The van der Waals surface area contributed by atoms with Crippen molar-refractivity contribution in [1.29, 1.82) is 0 Å². The predicted octanol–water partition coefficient (Wildman–Crippen LogP) is 4.15. The van der Waals surface area contributed by atoms with E-state index in [2.05, 4.69) is 10.4 Å². The van der Waals surface area contributed by atoms with Crippen molar-refractivity contribution in [2.45, 2.75) is 25.3 Å². The first kappa shape index (κ1) is 19.0. The Bertz CT molecular complexity index is 952. The van der Waals surface area contributed by atoms with Gasteiger partial charge in [0.1, 0.15) is 5.75 Å². The van der Waals surface area contributed by atoms with Crippen LogP contribution in [0.15, 0.2) is 53.4 Å². The molecule has 0 aliphatic heterocycles. The summed E-state index contributed by atoms with van der Waals surface area (Å²) in [6.45, 7) is 4.39. The minimum atomic E-state index is -0.161.